The van der Waals surface area contributed by atoms with Gasteiger partial charge in [-0.2, -0.15) is 0 Å². The summed E-state index contributed by atoms with van der Waals surface area (Å²) in [5.74, 6) is 5.44. The lowest BCUT2D eigenvalue weighted by Gasteiger charge is -2.45. The molecular weight excluding hydrogens is 424 g/mol. The zero-order valence-corrected chi connectivity index (χ0v) is 18.4. The van der Waals surface area contributed by atoms with Crippen LogP contribution in [-0.4, -0.2) is 43.4 Å². The van der Waals surface area contributed by atoms with Gasteiger partial charge >= 0.3 is 0 Å². The second kappa shape index (κ2) is 7.65. The normalized spacial score (nSPS) is 25.8. The summed E-state index contributed by atoms with van der Waals surface area (Å²) in [4.78, 5) is 38.5. The van der Waals surface area contributed by atoms with E-state index >= 15 is 0 Å². The minimum Gasteiger partial charge on any atom is -0.511 e. The molecule has 7 nitrogen and oxygen atoms in total. The van der Waals surface area contributed by atoms with E-state index in [4.69, 9.17) is 0 Å². The Morgan fingerprint density at radius 2 is 1.70 bits per heavy atom. The molecule has 7 heteroatoms. The van der Waals surface area contributed by atoms with Gasteiger partial charge < -0.3 is 20.4 Å². The van der Waals surface area contributed by atoms with E-state index in [1.165, 1.54) is 0 Å². The molecule has 0 saturated heterocycles. The van der Waals surface area contributed by atoms with Crippen LogP contribution < -0.4 is 0 Å². The van der Waals surface area contributed by atoms with Crippen molar-refractivity contribution in [3.63, 3.8) is 0 Å². The second-order valence-electron chi connectivity index (χ2n) is 8.53. The quantitative estimate of drug-likeness (QED) is 0.385. The predicted molar refractivity (Wildman–Crippen MR) is 117 cm³/mol. The third-order valence-corrected chi connectivity index (χ3v) is 6.69. The summed E-state index contributed by atoms with van der Waals surface area (Å²) in [5, 5.41) is 43.5. The van der Waals surface area contributed by atoms with Crippen LogP contribution in [0.4, 0.5) is 0 Å². The molecule has 1 aromatic rings. The summed E-state index contributed by atoms with van der Waals surface area (Å²) in [6.45, 7) is 4.30. The van der Waals surface area contributed by atoms with Crippen molar-refractivity contribution in [2.45, 2.75) is 45.6 Å². The fraction of sp³-hybridized carbons (Fsp3) is 0.346. The molecule has 4 N–H and O–H groups in total. The van der Waals surface area contributed by atoms with E-state index < -0.39 is 51.9 Å². The van der Waals surface area contributed by atoms with Crippen LogP contribution in [0.1, 0.15) is 60.7 Å². The summed E-state index contributed by atoms with van der Waals surface area (Å²) in [7, 11) is 0. The molecule has 1 aromatic carbocycles. The average molecular weight is 446 g/mol. The minimum atomic E-state index is -2.51. The highest BCUT2D eigenvalue weighted by molar-refractivity contribution is 6.25. The van der Waals surface area contributed by atoms with Crippen molar-refractivity contribution in [1.82, 2.24) is 0 Å². The van der Waals surface area contributed by atoms with Crippen molar-refractivity contribution in [3.8, 4) is 29.4 Å². The second-order valence-corrected chi connectivity index (χ2v) is 8.53. The molecule has 0 saturated carbocycles. The van der Waals surface area contributed by atoms with Crippen LogP contribution in [0.2, 0.25) is 0 Å². The number of Topliss-reactive ketones (excluding diaryl/α,β-unsaturated/α-hetero) is 3. The molecule has 0 radical (unpaired) electrons. The van der Waals surface area contributed by atoms with Gasteiger partial charge in [0.15, 0.2) is 17.2 Å². The molecular formula is C26H22O7. The van der Waals surface area contributed by atoms with Crippen LogP contribution >= 0.6 is 0 Å². The molecule has 0 fully saturated rings. The van der Waals surface area contributed by atoms with Gasteiger partial charge in [0.05, 0.1) is 11.1 Å². The van der Waals surface area contributed by atoms with Gasteiger partial charge in [-0.3, -0.25) is 14.4 Å². The lowest BCUT2D eigenvalue weighted by molar-refractivity contribution is -0.144. The number of carbonyl (C=O) groups is 3. The Hall–Kier alpha value is -3.81. The number of hydrogen-bond donors (Lipinski definition) is 4. The Morgan fingerprint density at radius 1 is 1.06 bits per heavy atom. The van der Waals surface area contributed by atoms with Gasteiger partial charge in [0.2, 0.25) is 5.78 Å². The van der Waals surface area contributed by atoms with Gasteiger partial charge in [-0.05, 0) is 51.2 Å². The Balaban J connectivity index is 1.97. The number of phenolic OH excluding ortho intramolecular Hbond substituents is 1. The molecule has 3 aliphatic rings. The van der Waals surface area contributed by atoms with E-state index in [2.05, 4.69) is 23.7 Å². The van der Waals surface area contributed by atoms with Crippen molar-refractivity contribution in [1.29, 1.82) is 0 Å². The van der Waals surface area contributed by atoms with Crippen molar-refractivity contribution in [3.05, 3.63) is 51.0 Å². The van der Waals surface area contributed by atoms with Gasteiger partial charge in [0.1, 0.15) is 22.8 Å². The van der Waals surface area contributed by atoms with Crippen molar-refractivity contribution < 1.29 is 34.8 Å². The van der Waals surface area contributed by atoms with Crippen molar-refractivity contribution in [2.75, 3.05) is 0 Å². The first kappa shape index (κ1) is 22.4. The number of fused-ring (bicyclic) bond motifs is 3. The molecule has 0 bridgehead atoms. The highest BCUT2D eigenvalue weighted by Gasteiger charge is 2.59. The summed E-state index contributed by atoms with van der Waals surface area (Å²) in [6.07, 6.45) is 0.144. The molecule has 0 heterocycles. The minimum absolute atomic E-state index is 0.0683. The van der Waals surface area contributed by atoms with E-state index in [1.54, 1.807) is 19.9 Å². The molecule has 0 aliphatic heterocycles. The molecule has 168 valence electrons. The smallest absolute Gasteiger partial charge is 0.209 e. The SMILES string of the molecule is CC#Cc1cc(C#CC)c2c(c1O)C(=O)C1=C(O)[C@]3(O)C(=O)C(C(C)=O)=C(O)C[C@@H]3C[C@@H]1C2. The number of allylic oxidation sites excluding steroid dienone is 2. The Bertz CT molecular complexity index is 1340. The zero-order valence-electron chi connectivity index (χ0n) is 18.4. The number of aromatic hydroxyl groups is 1. The standard InChI is InChI=1S/C26H22O7/c1-4-6-13-8-14(7-5-2)22(29)21-17(13)10-15-9-16-11-18(28)19(12(3)27)24(31)26(16,33)25(32)20(15)23(21)30/h8,15-16,28-29,32-33H,9-11H2,1-3H3/t15-,16+,26-/m1/s1. The highest BCUT2D eigenvalue weighted by atomic mass is 16.3. The Kier molecular flexibility index (Phi) is 5.19. The van der Waals surface area contributed by atoms with Gasteiger partial charge in [-0.25, -0.2) is 0 Å². The summed E-state index contributed by atoms with van der Waals surface area (Å²) >= 11 is 0. The van der Waals surface area contributed by atoms with Gasteiger partial charge in [-0.1, -0.05) is 11.8 Å². The topological polar surface area (TPSA) is 132 Å². The number of phenols is 1. The zero-order chi connectivity index (χ0) is 24.2. The Labute approximate surface area is 190 Å². The van der Waals surface area contributed by atoms with Gasteiger partial charge in [0.25, 0.3) is 0 Å². The lowest BCUT2D eigenvalue weighted by Crippen LogP contribution is -2.56. The average Bonchev–Trinajstić information content (AvgIpc) is 2.74. The molecule has 0 aromatic heterocycles. The molecule has 0 amide bonds. The molecule has 33 heavy (non-hydrogen) atoms. The van der Waals surface area contributed by atoms with E-state index in [0.717, 1.165) is 6.92 Å². The number of hydrogen-bond acceptors (Lipinski definition) is 7. The van der Waals surface area contributed by atoms with E-state index in [0.29, 0.717) is 11.1 Å². The van der Waals surface area contributed by atoms with Crippen LogP contribution in [0.15, 0.2) is 28.7 Å². The summed E-state index contributed by atoms with van der Waals surface area (Å²) in [6, 6.07) is 1.61. The highest BCUT2D eigenvalue weighted by Crippen LogP contribution is 2.52. The summed E-state index contributed by atoms with van der Waals surface area (Å²) < 4.78 is 0. The molecule has 3 aliphatic carbocycles. The third kappa shape index (κ3) is 3.01. The lowest BCUT2D eigenvalue weighted by atomic mass is 9.60. The number of rotatable bonds is 1. The maximum absolute atomic E-state index is 13.6. The number of aliphatic hydroxyl groups is 3. The van der Waals surface area contributed by atoms with Crippen LogP contribution in [0.5, 0.6) is 5.75 Å². The third-order valence-electron chi connectivity index (χ3n) is 6.69. The largest absolute Gasteiger partial charge is 0.511 e. The van der Waals surface area contributed by atoms with E-state index in [1.807, 2.05) is 0 Å². The summed E-state index contributed by atoms with van der Waals surface area (Å²) in [5.41, 5.74) is -2.09. The van der Waals surface area contributed by atoms with Crippen molar-refractivity contribution in [2.24, 2.45) is 11.8 Å². The molecule has 4 rings (SSSR count). The molecule has 0 unspecified atom stereocenters. The first-order valence-corrected chi connectivity index (χ1v) is 10.5. The molecule has 3 atom stereocenters. The van der Waals surface area contributed by atoms with Crippen LogP contribution in [0.25, 0.3) is 0 Å². The van der Waals surface area contributed by atoms with E-state index in [9.17, 15) is 34.8 Å². The first-order chi connectivity index (χ1) is 15.6. The van der Waals surface area contributed by atoms with Gasteiger partial charge in [0, 0.05) is 23.5 Å². The van der Waals surface area contributed by atoms with E-state index in [-0.39, 0.29) is 41.7 Å². The fourth-order valence-electron chi connectivity index (χ4n) is 5.27. The Morgan fingerprint density at radius 3 is 2.30 bits per heavy atom. The number of benzene rings is 1. The monoisotopic (exact) mass is 446 g/mol. The number of carbonyl (C=O) groups excluding carboxylic acids is 3. The van der Waals surface area contributed by atoms with Crippen LogP contribution in [-0.2, 0) is 16.0 Å². The maximum Gasteiger partial charge on any atom is 0.209 e. The van der Waals surface area contributed by atoms with Gasteiger partial charge in [-0.15, -0.1) is 11.8 Å². The van der Waals surface area contributed by atoms with Crippen LogP contribution in [0, 0.1) is 35.5 Å². The first-order valence-electron chi connectivity index (χ1n) is 10.5. The molecule has 0 spiro atoms. The van der Waals surface area contributed by atoms with Crippen LogP contribution in [0.3, 0.4) is 0 Å². The fourth-order valence-corrected chi connectivity index (χ4v) is 5.27. The predicted octanol–water partition coefficient (Wildman–Crippen LogP) is 2.43. The van der Waals surface area contributed by atoms with Crippen molar-refractivity contribution >= 4 is 17.3 Å². The number of ketones is 3. The number of aliphatic hydroxyl groups excluding tert-OH is 2. The maximum atomic E-state index is 13.6.